The van der Waals surface area contributed by atoms with Crippen LogP contribution in [0.5, 0.6) is 0 Å². The minimum Gasteiger partial charge on any atom is -0.317 e. The summed E-state index contributed by atoms with van der Waals surface area (Å²) in [4.78, 5) is 17.3. The topological polar surface area (TPSA) is 34.4 Å². The average molecular weight is 296 g/mol. The van der Waals surface area contributed by atoms with Crippen LogP contribution in [0.3, 0.4) is 0 Å². The van der Waals surface area contributed by atoms with E-state index >= 15 is 0 Å². The molecule has 106 valence electrons. The molecule has 0 saturated heterocycles. The van der Waals surface area contributed by atoms with E-state index in [4.69, 9.17) is 0 Å². The molecule has 1 heterocycles. The van der Waals surface area contributed by atoms with Crippen molar-refractivity contribution in [1.29, 1.82) is 0 Å². The second-order valence-corrected chi connectivity index (χ2v) is 5.89. The van der Waals surface area contributed by atoms with Crippen LogP contribution in [-0.4, -0.2) is 10.5 Å². The number of nitrogens with zero attached hydrogens (tertiary/aromatic N) is 2. The third-order valence-electron chi connectivity index (χ3n) is 3.37. The molecule has 3 rings (SSSR count). The lowest BCUT2D eigenvalue weighted by Crippen LogP contribution is -2.15. The van der Waals surface area contributed by atoms with Gasteiger partial charge in [-0.2, -0.15) is 4.99 Å². The first-order valence-corrected chi connectivity index (χ1v) is 7.75. The lowest BCUT2D eigenvalue weighted by atomic mass is 10.2. The predicted molar refractivity (Wildman–Crippen MR) is 86.6 cm³/mol. The summed E-state index contributed by atoms with van der Waals surface area (Å²) in [6, 6.07) is 15.5. The van der Waals surface area contributed by atoms with Crippen molar-refractivity contribution in [3.8, 4) is 0 Å². The second kappa shape index (κ2) is 5.66. The standard InChI is InChI=1S/C17H16N2OS/c1-3-19-14-10-9-12(2)11-15(14)21-17(19)18-16(20)13-7-5-4-6-8-13/h4-11H,3H2,1-2H3. The van der Waals surface area contributed by atoms with Crippen LogP contribution in [-0.2, 0) is 6.54 Å². The highest BCUT2D eigenvalue weighted by molar-refractivity contribution is 7.16. The molecule has 1 amide bonds. The fourth-order valence-corrected chi connectivity index (χ4v) is 3.49. The second-order valence-electron chi connectivity index (χ2n) is 4.88. The van der Waals surface area contributed by atoms with Crippen LogP contribution in [0.25, 0.3) is 10.2 Å². The molecule has 0 aliphatic carbocycles. The summed E-state index contributed by atoms with van der Waals surface area (Å²) in [5.74, 6) is -0.193. The first kappa shape index (κ1) is 13.8. The maximum atomic E-state index is 12.3. The third-order valence-corrected chi connectivity index (χ3v) is 4.41. The van der Waals surface area contributed by atoms with E-state index in [1.807, 2.05) is 18.2 Å². The molecular formula is C17H16N2OS. The summed E-state index contributed by atoms with van der Waals surface area (Å²) in [6.07, 6.45) is 0. The molecule has 0 fully saturated rings. The van der Waals surface area contributed by atoms with E-state index in [0.717, 1.165) is 21.6 Å². The molecule has 2 aromatic carbocycles. The van der Waals surface area contributed by atoms with Gasteiger partial charge in [-0.3, -0.25) is 4.79 Å². The van der Waals surface area contributed by atoms with Gasteiger partial charge in [0.05, 0.1) is 10.2 Å². The van der Waals surface area contributed by atoms with Crippen LogP contribution in [0.15, 0.2) is 53.5 Å². The number of aromatic nitrogens is 1. The van der Waals surface area contributed by atoms with E-state index in [9.17, 15) is 4.79 Å². The molecular weight excluding hydrogens is 280 g/mol. The van der Waals surface area contributed by atoms with Gasteiger partial charge in [-0.15, -0.1) is 0 Å². The van der Waals surface area contributed by atoms with Gasteiger partial charge in [0.25, 0.3) is 5.91 Å². The molecule has 4 heteroatoms. The van der Waals surface area contributed by atoms with Crippen molar-refractivity contribution in [2.24, 2.45) is 4.99 Å². The molecule has 0 atom stereocenters. The van der Waals surface area contributed by atoms with Crippen molar-refractivity contribution in [3.63, 3.8) is 0 Å². The Kier molecular flexibility index (Phi) is 3.71. The molecule has 0 spiro atoms. The van der Waals surface area contributed by atoms with Crippen LogP contribution in [0.4, 0.5) is 0 Å². The number of fused-ring (bicyclic) bond motifs is 1. The third kappa shape index (κ3) is 2.67. The molecule has 21 heavy (non-hydrogen) atoms. The van der Waals surface area contributed by atoms with Crippen molar-refractivity contribution in [3.05, 3.63) is 64.5 Å². The van der Waals surface area contributed by atoms with Crippen LogP contribution in [0, 0.1) is 6.92 Å². The van der Waals surface area contributed by atoms with Crippen molar-refractivity contribution in [2.45, 2.75) is 20.4 Å². The largest absolute Gasteiger partial charge is 0.317 e. The number of hydrogen-bond acceptors (Lipinski definition) is 2. The fourth-order valence-electron chi connectivity index (χ4n) is 2.30. The van der Waals surface area contributed by atoms with Gasteiger partial charge >= 0.3 is 0 Å². The smallest absolute Gasteiger partial charge is 0.279 e. The predicted octanol–water partition coefficient (Wildman–Crippen LogP) is 3.77. The minimum atomic E-state index is -0.193. The van der Waals surface area contributed by atoms with E-state index in [1.165, 1.54) is 5.56 Å². The van der Waals surface area contributed by atoms with Crippen molar-refractivity contribution < 1.29 is 4.79 Å². The number of rotatable bonds is 2. The molecule has 1 aromatic heterocycles. The van der Waals surface area contributed by atoms with Crippen LogP contribution >= 0.6 is 11.3 Å². The van der Waals surface area contributed by atoms with E-state index in [1.54, 1.807) is 23.5 Å². The van der Waals surface area contributed by atoms with E-state index in [2.05, 4.69) is 41.6 Å². The Morgan fingerprint density at radius 3 is 2.67 bits per heavy atom. The molecule has 0 unspecified atom stereocenters. The lowest BCUT2D eigenvalue weighted by Gasteiger charge is -2.00. The Labute approximate surface area is 127 Å². The first-order chi connectivity index (χ1) is 10.2. The summed E-state index contributed by atoms with van der Waals surface area (Å²) >= 11 is 1.56. The number of aryl methyl sites for hydroxylation is 2. The normalized spacial score (nSPS) is 12.0. The molecule has 0 aliphatic heterocycles. The van der Waals surface area contributed by atoms with Gasteiger partial charge in [0.15, 0.2) is 4.80 Å². The zero-order chi connectivity index (χ0) is 14.8. The van der Waals surface area contributed by atoms with Gasteiger partial charge in [-0.1, -0.05) is 35.6 Å². The molecule has 0 N–H and O–H groups in total. The number of thiazole rings is 1. The van der Waals surface area contributed by atoms with Crippen molar-refractivity contribution >= 4 is 27.5 Å². The fraction of sp³-hybridized carbons (Fsp3) is 0.176. The van der Waals surface area contributed by atoms with E-state index in [-0.39, 0.29) is 5.91 Å². The number of carbonyl (C=O) groups excluding carboxylic acids is 1. The molecule has 0 bridgehead atoms. The van der Waals surface area contributed by atoms with Crippen molar-refractivity contribution in [2.75, 3.05) is 0 Å². The van der Waals surface area contributed by atoms with Gasteiger partial charge in [-0.05, 0) is 43.7 Å². The summed E-state index contributed by atoms with van der Waals surface area (Å²) in [6.45, 7) is 4.93. The molecule has 0 saturated carbocycles. The van der Waals surface area contributed by atoms with Gasteiger partial charge < -0.3 is 4.57 Å². The molecule has 3 nitrogen and oxygen atoms in total. The summed E-state index contributed by atoms with van der Waals surface area (Å²) in [7, 11) is 0. The highest BCUT2D eigenvalue weighted by Gasteiger charge is 2.08. The highest BCUT2D eigenvalue weighted by Crippen LogP contribution is 2.19. The van der Waals surface area contributed by atoms with Crippen molar-refractivity contribution in [1.82, 2.24) is 4.57 Å². The number of hydrogen-bond donors (Lipinski definition) is 0. The average Bonchev–Trinajstić information content (AvgIpc) is 2.84. The first-order valence-electron chi connectivity index (χ1n) is 6.93. The van der Waals surface area contributed by atoms with Crippen LogP contribution in [0.1, 0.15) is 22.8 Å². The quantitative estimate of drug-likeness (QED) is 0.709. The van der Waals surface area contributed by atoms with E-state index in [0.29, 0.717) is 5.56 Å². The van der Waals surface area contributed by atoms with Gasteiger partial charge in [0.1, 0.15) is 0 Å². The Bertz CT molecular complexity index is 859. The minimum absolute atomic E-state index is 0.193. The summed E-state index contributed by atoms with van der Waals surface area (Å²) < 4.78 is 3.25. The monoisotopic (exact) mass is 296 g/mol. The van der Waals surface area contributed by atoms with Gasteiger partial charge in [-0.25, -0.2) is 0 Å². The SMILES string of the molecule is CCn1c(=NC(=O)c2ccccc2)sc2cc(C)ccc21. The maximum absolute atomic E-state index is 12.3. The van der Waals surface area contributed by atoms with Crippen LogP contribution in [0.2, 0.25) is 0 Å². The number of carbonyl (C=O) groups is 1. The Hall–Kier alpha value is -2.20. The Morgan fingerprint density at radius 2 is 1.95 bits per heavy atom. The molecule has 3 aromatic rings. The van der Waals surface area contributed by atoms with Gasteiger partial charge in [0, 0.05) is 12.1 Å². The Balaban J connectivity index is 2.15. The van der Waals surface area contributed by atoms with E-state index < -0.39 is 0 Å². The summed E-state index contributed by atoms with van der Waals surface area (Å²) in [5, 5.41) is 0. The summed E-state index contributed by atoms with van der Waals surface area (Å²) in [5.41, 5.74) is 2.97. The van der Waals surface area contributed by atoms with Crippen LogP contribution < -0.4 is 4.80 Å². The Morgan fingerprint density at radius 1 is 1.19 bits per heavy atom. The highest BCUT2D eigenvalue weighted by atomic mass is 32.1. The molecule has 0 aliphatic rings. The lowest BCUT2D eigenvalue weighted by molar-refractivity contribution is 0.0998. The zero-order valence-electron chi connectivity index (χ0n) is 12.0. The zero-order valence-corrected chi connectivity index (χ0v) is 12.9. The number of benzene rings is 2. The maximum Gasteiger partial charge on any atom is 0.279 e. The van der Waals surface area contributed by atoms with Gasteiger partial charge in [0.2, 0.25) is 0 Å². The molecule has 0 radical (unpaired) electrons. The number of amides is 1.